The molecule has 0 atom stereocenters. The molecule has 1 saturated heterocycles. The van der Waals surface area contributed by atoms with E-state index >= 15 is 0 Å². The number of likely N-dealkylation sites (tertiary alicyclic amines) is 1. The molecule has 1 aromatic heterocycles. The minimum absolute atomic E-state index is 0.156. The first kappa shape index (κ1) is 12.8. The van der Waals surface area contributed by atoms with Crippen molar-refractivity contribution in [3.8, 4) is 0 Å². The van der Waals surface area contributed by atoms with Gasteiger partial charge in [0.25, 0.3) is 5.56 Å². The fourth-order valence-electron chi connectivity index (χ4n) is 2.31. The van der Waals surface area contributed by atoms with Crippen molar-refractivity contribution in [3.05, 3.63) is 34.2 Å². The molecule has 1 N–H and O–H groups in total. The maximum atomic E-state index is 11.8. The molecule has 1 aliphatic heterocycles. The van der Waals surface area contributed by atoms with E-state index in [0.717, 1.165) is 19.6 Å². The van der Waals surface area contributed by atoms with Crippen molar-refractivity contribution in [2.24, 2.45) is 0 Å². The molecule has 2 heterocycles. The van der Waals surface area contributed by atoms with Crippen LogP contribution in [0.25, 0.3) is 0 Å². The maximum absolute atomic E-state index is 11.8. The first-order chi connectivity index (χ1) is 8.68. The molecule has 5 nitrogen and oxygen atoms in total. The molecule has 0 unspecified atom stereocenters. The Hall–Kier alpha value is -1.62. The Kier molecular flexibility index (Phi) is 4.15. The SMILES string of the molecule is O=C(O)c1cccn(CCN2CCCCC2)c1=O. The molecule has 0 radical (unpaired) electrons. The van der Waals surface area contributed by atoms with Gasteiger partial charge in [-0.25, -0.2) is 4.79 Å². The summed E-state index contributed by atoms with van der Waals surface area (Å²) >= 11 is 0. The zero-order chi connectivity index (χ0) is 13.0. The Bertz CT molecular complexity index is 475. The van der Waals surface area contributed by atoms with Gasteiger partial charge in [0.05, 0.1) is 0 Å². The Labute approximate surface area is 106 Å². The summed E-state index contributed by atoms with van der Waals surface area (Å²) in [4.78, 5) is 25.0. The number of carboxylic acid groups (broad SMARTS) is 1. The molecule has 2 rings (SSSR count). The molecule has 98 valence electrons. The summed E-state index contributed by atoms with van der Waals surface area (Å²) in [6.07, 6.45) is 5.36. The number of hydrogen-bond donors (Lipinski definition) is 1. The van der Waals surface area contributed by atoms with Gasteiger partial charge >= 0.3 is 5.97 Å². The quantitative estimate of drug-likeness (QED) is 0.867. The van der Waals surface area contributed by atoms with Gasteiger partial charge in [0.15, 0.2) is 0 Å². The number of hydrogen-bond acceptors (Lipinski definition) is 3. The summed E-state index contributed by atoms with van der Waals surface area (Å²) in [6, 6.07) is 2.96. The van der Waals surface area contributed by atoms with Crippen LogP contribution in [0.3, 0.4) is 0 Å². The zero-order valence-corrected chi connectivity index (χ0v) is 10.3. The fourth-order valence-corrected chi connectivity index (χ4v) is 2.31. The van der Waals surface area contributed by atoms with Crippen molar-refractivity contribution >= 4 is 5.97 Å². The molecular formula is C13H18N2O3. The van der Waals surface area contributed by atoms with E-state index in [2.05, 4.69) is 4.90 Å². The average Bonchev–Trinajstić information content (AvgIpc) is 2.38. The fraction of sp³-hybridized carbons (Fsp3) is 0.538. The van der Waals surface area contributed by atoms with Gasteiger partial charge in [0.2, 0.25) is 0 Å². The summed E-state index contributed by atoms with van der Waals surface area (Å²) in [5, 5.41) is 8.88. The van der Waals surface area contributed by atoms with E-state index in [0.29, 0.717) is 6.54 Å². The molecule has 1 fully saturated rings. The van der Waals surface area contributed by atoms with Crippen molar-refractivity contribution < 1.29 is 9.90 Å². The lowest BCUT2D eigenvalue weighted by molar-refractivity contribution is 0.0694. The number of rotatable bonds is 4. The Morgan fingerprint density at radius 1 is 1.22 bits per heavy atom. The molecule has 0 aromatic carbocycles. The molecule has 18 heavy (non-hydrogen) atoms. The van der Waals surface area contributed by atoms with Crippen molar-refractivity contribution in [2.75, 3.05) is 19.6 Å². The van der Waals surface area contributed by atoms with E-state index in [4.69, 9.17) is 5.11 Å². The first-order valence-electron chi connectivity index (χ1n) is 6.33. The van der Waals surface area contributed by atoms with Gasteiger partial charge in [0, 0.05) is 19.3 Å². The van der Waals surface area contributed by atoms with Gasteiger partial charge in [-0.3, -0.25) is 4.79 Å². The lowest BCUT2D eigenvalue weighted by Crippen LogP contribution is -2.35. The van der Waals surface area contributed by atoms with Crippen LogP contribution in [0.5, 0.6) is 0 Å². The molecule has 0 spiro atoms. The number of pyridine rings is 1. The summed E-state index contributed by atoms with van der Waals surface area (Å²) in [6.45, 7) is 3.52. The average molecular weight is 250 g/mol. The van der Waals surface area contributed by atoms with Crippen LogP contribution in [0.15, 0.2) is 23.1 Å². The van der Waals surface area contributed by atoms with Crippen LogP contribution in [0.1, 0.15) is 29.6 Å². The highest BCUT2D eigenvalue weighted by Crippen LogP contribution is 2.08. The number of nitrogens with zero attached hydrogens (tertiary/aromatic N) is 2. The monoisotopic (exact) mass is 250 g/mol. The summed E-state index contributed by atoms with van der Waals surface area (Å²) < 4.78 is 1.48. The third kappa shape index (κ3) is 2.98. The molecule has 0 bridgehead atoms. The topological polar surface area (TPSA) is 62.5 Å². The predicted molar refractivity (Wildman–Crippen MR) is 68.0 cm³/mol. The smallest absolute Gasteiger partial charge is 0.341 e. The molecule has 0 amide bonds. The number of piperidine rings is 1. The van der Waals surface area contributed by atoms with Crippen LogP contribution in [0, 0.1) is 0 Å². The molecule has 1 aliphatic rings. The van der Waals surface area contributed by atoms with Crippen LogP contribution in [-0.2, 0) is 6.54 Å². The van der Waals surface area contributed by atoms with Crippen molar-refractivity contribution in [3.63, 3.8) is 0 Å². The van der Waals surface area contributed by atoms with Crippen LogP contribution in [0.4, 0.5) is 0 Å². The largest absolute Gasteiger partial charge is 0.477 e. The summed E-state index contributed by atoms with van der Waals surface area (Å²) in [5.74, 6) is -1.16. The number of aromatic nitrogens is 1. The highest BCUT2D eigenvalue weighted by molar-refractivity contribution is 5.86. The third-order valence-electron chi connectivity index (χ3n) is 3.36. The summed E-state index contributed by atoms with van der Waals surface area (Å²) in [5.41, 5.74) is -0.571. The molecule has 0 saturated carbocycles. The van der Waals surface area contributed by atoms with Gasteiger partial charge in [-0.2, -0.15) is 0 Å². The van der Waals surface area contributed by atoms with Crippen LogP contribution in [0.2, 0.25) is 0 Å². The predicted octanol–water partition coefficient (Wildman–Crippen LogP) is 1.03. The second-order valence-electron chi connectivity index (χ2n) is 4.63. The van der Waals surface area contributed by atoms with Gasteiger partial charge < -0.3 is 14.6 Å². The van der Waals surface area contributed by atoms with Gasteiger partial charge in [-0.15, -0.1) is 0 Å². The molecule has 0 aliphatic carbocycles. The van der Waals surface area contributed by atoms with Gasteiger partial charge in [-0.05, 0) is 38.1 Å². The zero-order valence-electron chi connectivity index (χ0n) is 10.3. The number of aromatic carboxylic acids is 1. The number of carbonyl (C=O) groups is 1. The van der Waals surface area contributed by atoms with Crippen molar-refractivity contribution in [2.45, 2.75) is 25.8 Å². The molecule has 1 aromatic rings. The number of carboxylic acids is 1. The normalized spacial score (nSPS) is 16.7. The van der Waals surface area contributed by atoms with E-state index in [1.54, 1.807) is 12.3 Å². The maximum Gasteiger partial charge on any atom is 0.341 e. The van der Waals surface area contributed by atoms with Crippen LogP contribution < -0.4 is 5.56 Å². The van der Waals surface area contributed by atoms with E-state index < -0.39 is 11.5 Å². The van der Waals surface area contributed by atoms with E-state index in [1.807, 2.05) is 0 Å². The standard InChI is InChI=1S/C13H18N2O3/c16-12-11(13(17)18)5-4-8-15(12)10-9-14-6-2-1-3-7-14/h4-5,8H,1-3,6-7,9-10H2,(H,17,18). The minimum atomic E-state index is -1.16. The third-order valence-corrected chi connectivity index (χ3v) is 3.36. The van der Waals surface area contributed by atoms with Crippen LogP contribution >= 0.6 is 0 Å². The second kappa shape index (κ2) is 5.82. The highest BCUT2D eigenvalue weighted by Gasteiger charge is 2.12. The lowest BCUT2D eigenvalue weighted by atomic mass is 10.1. The van der Waals surface area contributed by atoms with E-state index in [9.17, 15) is 9.59 Å². The summed E-state index contributed by atoms with van der Waals surface area (Å²) in [7, 11) is 0. The Morgan fingerprint density at radius 2 is 1.94 bits per heavy atom. The van der Waals surface area contributed by atoms with E-state index in [-0.39, 0.29) is 5.56 Å². The lowest BCUT2D eigenvalue weighted by Gasteiger charge is -2.26. The Balaban J connectivity index is 2.03. The Morgan fingerprint density at radius 3 is 2.61 bits per heavy atom. The van der Waals surface area contributed by atoms with E-state index in [1.165, 1.54) is 29.9 Å². The molecular weight excluding hydrogens is 232 g/mol. The van der Waals surface area contributed by atoms with Crippen LogP contribution in [-0.4, -0.2) is 40.2 Å². The molecule has 5 heteroatoms. The highest BCUT2D eigenvalue weighted by atomic mass is 16.4. The first-order valence-corrected chi connectivity index (χ1v) is 6.33. The minimum Gasteiger partial charge on any atom is -0.477 e. The van der Waals surface area contributed by atoms with Gasteiger partial charge in [0.1, 0.15) is 5.56 Å². The van der Waals surface area contributed by atoms with Crippen molar-refractivity contribution in [1.82, 2.24) is 9.47 Å². The van der Waals surface area contributed by atoms with Gasteiger partial charge in [-0.1, -0.05) is 6.42 Å². The van der Waals surface area contributed by atoms with Crippen molar-refractivity contribution in [1.29, 1.82) is 0 Å². The second-order valence-corrected chi connectivity index (χ2v) is 4.63.